The monoisotopic (exact) mass is 405 g/mol. The zero-order valence-electron chi connectivity index (χ0n) is 14.9. The van der Waals surface area contributed by atoms with Crippen LogP contribution in [0.4, 0.5) is 8.78 Å². The molecule has 1 aromatic carbocycles. The second kappa shape index (κ2) is 9.20. The smallest absolute Gasteiger partial charge is 0.275 e. The molecule has 1 aliphatic heterocycles. The van der Waals surface area contributed by atoms with Crippen LogP contribution in [0.1, 0.15) is 6.92 Å². The van der Waals surface area contributed by atoms with Crippen molar-refractivity contribution in [3.63, 3.8) is 0 Å². The number of nitrogens with zero attached hydrogens (tertiary/aromatic N) is 1. The van der Waals surface area contributed by atoms with Gasteiger partial charge in [-0.3, -0.25) is 9.59 Å². The molecule has 3 N–H and O–H groups in total. The third-order valence-corrected chi connectivity index (χ3v) is 6.08. The van der Waals surface area contributed by atoms with Crippen LogP contribution in [0.15, 0.2) is 23.1 Å². The number of sulfonamides is 1. The maximum Gasteiger partial charge on any atom is 0.275 e. The molecule has 0 aliphatic carbocycles. The SMILES string of the molecule is CCNC(=O)CNC(=O)C[NH+]1CCN(S(=O)(=O)c2cc(F)ccc2F)CC1. The van der Waals surface area contributed by atoms with Gasteiger partial charge in [-0.1, -0.05) is 0 Å². The van der Waals surface area contributed by atoms with Crippen molar-refractivity contribution in [1.29, 1.82) is 0 Å². The van der Waals surface area contributed by atoms with Crippen LogP contribution in [0.5, 0.6) is 0 Å². The van der Waals surface area contributed by atoms with Crippen molar-refractivity contribution in [2.24, 2.45) is 0 Å². The van der Waals surface area contributed by atoms with E-state index < -0.39 is 26.6 Å². The van der Waals surface area contributed by atoms with E-state index >= 15 is 0 Å². The van der Waals surface area contributed by atoms with Crippen molar-refractivity contribution in [2.45, 2.75) is 11.8 Å². The molecule has 0 spiro atoms. The number of hydrogen-bond donors (Lipinski definition) is 3. The second-order valence-electron chi connectivity index (χ2n) is 6.14. The molecule has 1 saturated heterocycles. The second-order valence-corrected chi connectivity index (χ2v) is 8.04. The predicted molar refractivity (Wildman–Crippen MR) is 92.4 cm³/mol. The van der Waals surface area contributed by atoms with Gasteiger partial charge in [0.1, 0.15) is 16.5 Å². The molecule has 11 heteroatoms. The van der Waals surface area contributed by atoms with E-state index in [9.17, 15) is 26.8 Å². The number of quaternary nitrogens is 1. The van der Waals surface area contributed by atoms with E-state index in [1.807, 2.05) is 0 Å². The summed E-state index contributed by atoms with van der Waals surface area (Å²) in [5.41, 5.74) is 0. The highest BCUT2D eigenvalue weighted by Gasteiger charge is 2.33. The Balaban J connectivity index is 1.88. The van der Waals surface area contributed by atoms with Gasteiger partial charge >= 0.3 is 0 Å². The number of carbonyl (C=O) groups excluding carboxylic acids is 2. The van der Waals surface area contributed by atoms with Gasteiger partial charge in [0, 0.05) is 6.54 Å². The Hall–Kier alpha value is -2.11. The van der Waals surface area contributed by atoms with Crippen LogP contribution in [-0.2, 0) is 19.6 Å². The molecular weight excluding hydrogens is 382 g/mol. The molecule has 0 aromatic heterocycles. The lowest BCUT2D eigenvalue weighted by atomic mass is 10.3. The van der Waals surface area contributed by atoms with Crippen molar-refractivity contribution in [3.05, 3.63) is 29.8 Å². The summed E-state index contributed by atoms with van der Waals surface area (Å²) in [6.45, 7) is 3.07. The van der Waals surface area contributed by atoms with Crippen LogP contribution in [-0.4, -0.2) is 70.4 Å². The summed E-state index contributed by atoms with van der Waals surface area (Å²) in [5.74, 6) is -2.43. The van der Waals surface area contributed by atoms with E-state index in [0.29, 0.717) is 25.7 Å². The molecule has 1 heterocycles. The first kappa shape index (κ1) is 21.2. The third kappa shape index (κ3) is 5.68. The molecule has 1 aromatic rings. The molecular formula is C16H23F2N4O4S+. The lowest BCUT2D eigenvalue weighted by Crippen LogP contribution is -3.15. The lowest BCUT2D eigenvalue weighted by Gasteiger charge is -2.31. The molecule has 1 aliphatic rings. The molecule has 0 unspecified atom stereocenters. The van der Waals surface area contributed by atoms with Crippen LogP contribution < -0.4 is 15.5 Å². The van der Waals surface area contributed by atoms with Crippen molar-refractivity contribution in [1.82, 2.24) is 14.9 Å². The van der Waals surface area contributed by atoms with Gasteiger partial charge in [0.25, 0.3) is 5.91 Å². The average molecular weight is 405 g/mol. The first-order valence-electron chi connectivity index (χ1n) is 8.56. The molecule has 0 atom stereocenters. The zero-order valence-corrected chi connectivity index (χ0v) is 15.7. The number of nitrogens with one attached hydrogen (secondary N) is 3. The van der Waals surface area contributed by atoms with Crippen LogP contribution >= 0.6 is 0 Å². The first-order valence-corrected chi connectivity index (χ1v) is 10.00. The highest BCUT2D eigenvalue weighted by Crippen LogP contribution is 2.20. The van der Waals surface area contributed by atoms with E-state index in [0.717, 1.165) is 21.3 Å². The summed E-state index contributed by atoms with van der Waals surface area (Å²) in [5, 5.41) is 5.06. The van der Waals surface area contributed by atoms with Gasteiger partial charge in [-0.05, 0) is 25.1 Å². The molecule has 0 radical (unpaired) electrons. The third-order valence-electron chi connectivity index (χ3n) is 4.17. The number of carbonyl (C=O) groups is 2. The number of piperazine rings is 1. The Morgan fingerprint density at radius 2 is 1.81 bits per heavy atom. The van der Waals surface area contributed by atoms with Gasteiger partial charge in [-0.2, -0.15) is 4.31 Å². The number of amides is 2. The van der Waals surface area contributed by atoms with E-state index in [4.69, 9.17) is 0 Å². The molecule has 0 bridgehead atoms. The summed E-state index contributed by atoms with van der Waals surface area (Å²) in [4.78, 5) is 23.3. The molecule has 150 valence electrons. The molecule has 2 rings (SSSR count). The highest BCUT2D eigenvalue weighted by atomic mass is 32.2. The minimum Gasteiger partial charge on any atom is -0.355 e. The fourth-order valence-corrected chi connectivity index (χ4v) is 4.28. The van der Waals surface area contributed by atoms with Crippen LogP contribution in [0.25, 0.3) is 0 Å². The lowest BCUT2D eigenvalue weighted by molar-refractivity contribution is -0.895. The highest BCUT2D eigenvalue weighted by molar-refractivity contribution is 7.89. The first-order chi connectivity index (χ1) is 12.7. The van der Waals surface area contributed by atoms with Crippen molar-refractivity contribution in [2.75, 3.05) is 45.8 Å². The Morgan fingerprint density at radius 1 is 1.15 bits per heavy atom. The molecule has 1 fully saturated rings. The van der Waals surface area contributed by atoms with Crippen molar-refractivity contribution < 1.29 is 31.7 Å². The van der Waals surface area contributed by atoms with E-state index in [1.165, 1.54) is 0 Å². The zero-order chi connectivity index (χ0) is 20.0. The largest absolute Gasteiger partial charge is 0.355 e. The van der Waals surface area contributed by atoms with Crippen LogP contribution in [0.3, 0.4) is 0 Å². The topological polar surface area (TPSA) is 100 Å². The van der Waals surface area contributed by atoms with Gasteiger partial charge in [0.2, 0.25) is 15.9 Å². The number of rotatable bonds is 7. The minimum absolute atomic E-state index is 0.0806. The Bertz CT molecular complexity index is 796. The quantitative estimate of drug-likeness (QED) is 0.494. The van der Waals surface area contributed by atoms with Gasteiger partial charge in [0.05, 0.1) is 32.7 Å². The van der Waals surface area contributed by atoms with Gasteiger partial charge in [0.15, 0.2) is 6.54 Å². The number of halogens is 2. The van der Waals surface area contributed by atoms with Gasteiger partial charge < -0.3 is 15.5 Å². The van der Waals surface area contributed by atoms with Crippen LogP contribution in [0, 0.1) is 11.6 Å². The molecule has 8 nitrogen and oxygen atoms in total. The Kier molecular flexibility index (Phi) is 7.22. The van der Waals surface area contributed by atoms with Gasteiger partial charge in [-0.15, -0.1) is 0 Å². The van der Waals surface area contributed by atoms with E-state index in [-0.39, 0.29) is 38.0 Å². The maximum atomic E-state index is 13.8. The van der Waals surface area contributed by atoms with Gasteiger partial charge in [-0.25, -0.2) is 17.2 Å². The average Bonchev–Trinajstić information content (AvgIpc) is 2.62. The van der Waals surface area contributed by atoms with Crippen LogP contribution in [0.2, 0.25) is 0 Å². The number of benzene rings is 1. The molecule has 2 amide bonds. The Morgan fingerprint density at radius 3 is 2.44 bits per heavy atom. The summed E-state index contributed by atoms with van der Waals surface area (Å²) in [6, 6.07) is 2.30. The Labute approximate surface area is 156 Å². The molecule has 27 heavy (non-hydrogen) atoms. The minimum atomic E-state index is -4.14. The van der Waals surface area contributed by atoms with E-state index in [1.54, 1.807) is 6.92 Å². The standard InChI is InChI=1S/C16H22F2N4O4S/c1-2-19-15(23)10-20-16(24)11-21-5-7-22(8-6-21)27(25,26)14-9-12(17)3-4-13(14)18/h3-4,9H,2,5-8,10-11H2,1H3,(H,19,23)(H,20,24)/p+1. The summed E-state index contributed by atoms with van der Waals surface area (Å²) in [7, 11) is -4.14. The van der Waals surface area contributed by atoms with Crippen molar-refractivity contribution >= 4 is 21.8 Å². The predicted octanol–water partition coefficient (Wildman–Crippen LogP) is -1.89. The van der Waals surface area contributed by atoms with E-state index in [2.05, 4.69) is 10.6 Å². The summed E-state index contributed by atoms with van der Waals surface area (Å²) < 4.78 is 53.2. The number of hydrogen-bond acceptors (Lipinski definition) is 4. The summed E-state index contributed by atoms with van der Waals surface area (Å²) in [6.07, 6.45) is 0. The number of likely N-dealkylation sites (N-methyl/N-ethyl adjacent to an activating group) is 1. The normalized spacial score (nSPS) is 16.1. The fourth-order valence-electron chi connectivity index (χ4n) is 2.76. The van der Waals surface area contributed by atoms with Crippen molar-refractivity contribution in [3.8, 4) is 0 Å². The molecule has 0 saturated carbocycles. The maximum absolute atomic E-state index is 13.8. The fraction of sp³-hybridized carbons (Fsp3) is 0.500. The summed E-state index contributed by atoms with van der Waals surface area (Å²) >= 11 is 0.